The monoisotopic (exact) mass is 223 g/mol. The standard InChI is InChI=1S/C12H17NOS/c1-9(11-7-4-8-15-11)13(2)12(14)10-5-3-6-10/h4,7-10H,3,5-6H2,1-2H3. The Labute approximate surface area is 94.9 Å². The maximum absolute atomic E-state index is 12.0. The van der Waals surface area contributed by atoms with Crippen LogP contribution in [-0.4, -0.2) is 17.9 Å². The average molecular weight is 223 g/mol. The molecule has 1 atom stereocenters. The topological polar surface area (TPSA) is 20.3 Å². The molecule has 1 unspecified atom stereocenters. The van der Waals surface area contributed by atoms with Gasteiger partial charge in [-0.25, -0.2) is 0 Å². The third kappa shape index (κ3) is 2.07. The van der Waals surface area contributed by atoms with Crippen molar-refractivity contribution < 1.29 is 4.79 Å². The molecule has 0 N–H and O–H groups in total. The predicted octanol–water partition coefficient (Wildman–Crippen LogP) is 3.07. The van der Waals surface area contributed by atoms with E-state index in [-0.39, 0.29) is 6.04 Å². The molecule has 0 saturated heterocycles. The fourth-order valence-electron chi connectivity index (χ4n) is 1.85. The van der Waals surface area contributed by atoms with Crippen molar-refractivity contribution in [2.75, 3.05) is 7.05 Å². The first-order valence-electron chi connectivity index (χ1n) is 5.50. The van der Waals surface area contributed by atoms with Gasteiger partial charge in [-0.2, -0.15) is 0 Å². The fourth-order valence-corrected chi connectivity index (χ4v) is 2.68. The molecule has 0 radical (unpaired) electrons. The van der Waals surface area contributed by atoms with E-state index >= 15 is 0 Å². The summed E-state index contributed by atoms with van der Waals surface area (Å²) in [5, 5.41) is 2.06. The minimum atomic E-state index is 0.220. The third-order valence-corrected chi connectivity index (χ3v) is 4.38. The highest BCUT2D eigenvalue weighted by Crippen LogP contribution is 2.31. The lowest BCUT2D eigenvalue weighted by Gasteiger charge is -2.32. The van der Waals surface area contributed by atoms with E-state index in [1.807, 2.05) is 18.0 Å². The number of rotatable bonds is 3. The van der Waals surface area contributed by atoms with Crippen LogP contribution >= 0.6 is 11.3 Å². The van der Waals surface area contributed by atoms with E-state index in [1.54, 1.807) is 11.3 Å². The zero-order valence-electron chi connectivity index (χ0n) is 9.27. The van der Waals surface area contributed by atoms with Gasteiger partial charge in [-0.3, -0.25) is 4.79 Å². The van der Waals surface area contributed by atoms with Crippen LogP contribution in [0, 0.1) is 5.92 Å². The van der Waals surface area contributed by atoms with E-state index in [9.17, 15) is 4.79 Å². The highest BCUT2D eigenvalue weighted by Gasteiger charge is 2.30. The zero-order chi connectivity index (χ0) is 10.8. The van der Waals surface area contributed by atoms with Crippen LogP contribution in [0.4, 0.5) is 0 Å². The molecule has 1 aliphatic carbocycles. The molecule has 0 aliphatic heterocycles. The number of amides is 1. The van der Waals surface area contributed by atoms with E-state index in [0.717, 1.165) is 12.8 Å². The van der Waals surface area contributed by atoms with Crippen molar-refractivity contribution in [3.8, 4) is 0 Å². The summed E-state index contributed by atoms with van der Waals surface area (Å²) in [5.74, 6) is 0.625. The summed E-state index contributed by atoms with van der Waals surface area (Å²) in [4.78, 5) is 15.2. The van der Waals surface area contributed by atoms with Crippen LogP contribution in [0.2, 0.25) is 0 Å². The minimum Gasteiger partial charge on any atom is -0.338 e. The second kappa shape index (κ2) is 4.35. The Morgan fingerprint density at radius 2 is 2.33 bits per heavy atom. The lowest BCUT2D eigenvalue weighted by molar-refractivity contribution is -0.138. The molecule has 0 spiro atoms. The quantitative estimate of drug-likeness (QED) is 0.771. The molecule has 2 nitrogen and oxygen atoms in total. The number of nitrogens with zero attached hydrogens (tertiary/aromatic N) is 1. The summed E-state index contributed by atoms with van der Waals surface area (Å²) in [6.07, 6.45) is 3.39. The summed E-state index contributed by atoms with van der Waals surface area (Å²) in [6.45, 7) is 2.10. The molecular formula is C12H17NOS. The molecule has 82 valence electrons. The van der Waals surface area contributed by atoms with Gasteiger partial charge in [0.1, 0.15) is 0 Å². The van der Waals surface area contributed by atoms with E-state index in [2.05, 4.69) is 18.4 Å². The largest absolute Gasteiger partial charge is 0.338 e. The summed E-state index contributed by atoms with van der Waals surface area (Å²) in [7, 11) is 1.92. The molecule has 3 heteroatoms. The number of hydrogen-bond donors (Lipinski definition) is 0. The molecule has 0 bridgehead atoms. The smallest absolute Gasteiger partial charge is 0.225 e. The van der Waals surface area contributed by atoms with Gasteiger partial charge < -0.3 is 4.90 Å². The van der Waals surface area contributed by atoms with Crippen molar-refractivity contribution >= 4 is 17.2 Å². The number of carbonyl (C=O) groups excluding carboxylic acids is 1. The molecule has 1 aromatic heterocycles. The van der Waals surface area contributed by atoms with Crippen molar-refractivity contribution in [3.05, 3.63) is 22.4 Å². The highest BCUT2D eigenvalue weighted by atomic mass is 32.1. The summed E-state index contributed by atoms with van der Waals surface area (Å²) >= 11 is 1.72. The van der Waals surface area contributed by atoms with Gasteiger partial charge in [0.25, 0.3) is 0 Å². The molecular weight excluding hydrogens is 206 g/mol. The Balaban J connectivity index is 2.00. The van der Waals surface area contributed by atoms with E-state index in [1.165, 1.54) is 11.3 Å². The Hall–Kier alpha value is -0.830. The van der Waals surface area contributed by atoms with E-state index in [0.29, 0.717) is 11.8 Å². The zero-order valence-corrected chi connectivity index (χ0v) is 10.1. The maximum atomic E-state index is 12.0. The van der Waals surface area contributed by atoms with Crippen LogP contribution < -0.4 is 0 Å². The van der Waals surface area contributed by atoms with Crippen molar-refractivity contribution in [3.63, 3.8) is 0 Å². The summed E-state index contributed by atoms with van der Waals surface area (Å²) in [6, 6.07) is 4.36. The van der Waals surface area contributed by atoms with Gasteiger partial charge in [0.2, 0.25) is 5.91 Å². The average Bonchev–Trinajstić information content (AvgIpc) is 2.65. The highest BCUT2D eigenvalue weighted by molar-refractivity contribution is 7.10. The van der Waals surface area contributed by atoms with Gasteiger partial charge in [0.05, 0.1) is 6.04 Å². The molecule has 2 rings (SSSR count). The number of carbonyl (C=O) groups is 1. The van der Waals surface area contributed by atoms with Crippen molar-refractivity contribution in [2.24, 2.45) is 5.92 Å². The van der Waals surface area contributed by atoms with Crippen LogP contribution in [-0.2, 0) is 4.79 Å². The first kappa shape index (κ1) is 10.7. The Kier molecular flexibility index (Phi) is 3.10. The molecule has 1 heterocycles. The second-order valence-electron chi connectivity index (χ2n) is 4.27. The molecule has 1 fully saturated rings. The molecule has 15 heavy (non-hydrogen) atoms. The van der Waals surface area contributed by atoms with Gasteiger partial charge in [0, 0.05) is 17.8 Å². The van der Waals surface area contributed by atoms with Crippen LogP contribution in [0.1, 0.15) is 37.1 Å². The normalized spacial score (nSPS) is 18.3. The molecule has 1 aromatic rings. The van der Waals surface area contributed by atoms with Gasteiger partial charge >= 0.3 is 0 Å². The Morgan fingerprint density at radius 1 is 1.60 bits per heavy atom. The van der Waals surface area contributed by atoms with Gasteiger partial charge in [-0.05, 0) is 31.2 Å². The molecule has 0 aromatic carbocycles. The van der Waals surface area contributed by atoms with E-state index in [4.69, 9.17) is 0 Å². The van der Waals surface area contributed by atoms with Crippen molar-refractivity contribution in [1.82, 2.24) is 4.90 Å². The van der Waals surface area contributed by atoms with E-state index < -0.39 is 0 Å². The lowest BCUT2D eigenvalue weighted by Crippen LogP contribution is -2.37. The fraction of sp³-hybridized carbons (Fsp3) is 0.583. The first-order chi connectivity index (χ1) is 7.20. The van der Waals surface area contributed by atoms with Gasteiger partial charge in [-0.1, -0.05) is 12.5 Å². The molecule has 1 saturated carbocycles. The van der Waals surface area contributed by atoms with Crippen LogP contribution in [0.5, 0.6) is 0 Å². The van der Waals surface area contributed by atoms with Gasteiger partial charge in [-0.15, -0.1) is 11.3 Å². The Morgan fingerprint density at radius 3 is 2.80 bits per heavy atom. The molecule has 1 aliphatic rings. The number of hydrogen-bond acceptors (Lipinski definition) is 2. The van der Waals surface area contributed by atoms with Crippen molar-refractivity contribution in [2.45, 2.75) is 32.2 Å². The van der Waals surface area contributed by atoms with Gasteiger partial charge in [0.15, 0.2) is 0 Å². The maximum Gasteiger partial charge on any atom is 0.225 e. The third-order valence-electron chi connectivity index (χ3n) is 3.34. The minimum absolute atomic E-state index is 0.220. The number of thiophene rings is 1. The molecule has 1 amide bonds. The predicted molar refractivity (Wildman–Crippen MR) is 62.8 cm³/mol. The lowest BCUT2D eigenvalue weighted by atomic mass is 9.84. The van der Waals surface area contributed by atoms with Crippen LogP contribution in [0.3, 0.4) is 0 Å². The summed E-state index contributed by atoms with van der Waals surface area (Å²) in [5.41, 5.74) is 0. The van der Waals surface area contributed by atoms with Crippen LogP contribution in [0.15, 0.2) is 17.5 Å². The second-order valence-corrected chi connectivity index (χ2v) is 5.25. The summed E-state index contributed by atoms with van der Waals surface area (Å²) < 4.78 is 0. The SMILES string of the molecule is CC(c1cccs1)N(C)C(=O)C1CCC1. The first-order valence-corrected chi connectivity index (χ1v) is 6.38. The Bertz CT molecular complexity index is 329. The van der Waals surface area contributed by atoms with Crippen molar-refractivity contribution in [1.29, 1.82) is 0 Å². The van der Waals surface area contributed by atoms with Crippen LogP contribution in [0.25, 0.3) is 0 Å².